The standard InChI is InChI=1S/C16H23N3O2/c1-17-10-7-15(20)19-11-8-13(9-12-19)16(21)18-14-5-3-2-4-6-14/h2-6,13,17H,7-12H2,1H3,(H,18,21). The molecule has 5 nitrogen and oxygen atoms in total. The Morgan fingerprint density at radius 3 is 2.48 bits per heavy atom. The number of nitrogens with zero attached hydrogens (tertiary/aromatic N) is 1. The number of likely N-dealkylation sites (tertiary alicyclic amines) is 1. The molecule has 1 aliphatic rings. The maximum Gasteiger partial charge on any atom is 0.227 e. The first-order valence-corrected chi connectivity index (χ1v) is 7.49. The van der Waals surface area contributed by atoms with Crippen molar-refractivity contribution in [3.05, 3.63) is 30.3 Å². The summed E-state index contributed by atoms with van der Waals surface area (Å²) in [6.45, 7) is 2.05. The van der Waals surface area contributed by atoms with Gasteiger partial charge in [0.2, 0.25) is 11.8 Å². The zero-order chi connectivity index (χ0) is 15.1. The second kappa shape index (κ2) is 7.78. The zero-order valence-corrected chi connectivity index (χ0v) is 12.5. The van der Waals surface area contributed by atoms with E-state index in [1.807, 2.05) is 42.3 Å². The number of carbonyl (C=O) groups excluding carboxylic acids is 2. The van der Waals surface area contributed by atoms with E-state index in [-0.39, 0.29) is 17.7 Å². The molecule has 1 heterocycles. The number of piperidine rings is 1. The first-order valence-electron chi connectivity index (χ1n) is 7.49. The molecule has 0 aliphatic carbocycles. The molecule has 5 heteroatoms. The molecule has 1 fully saturated rings. The fourth-order valence-electron chi connectivity index (χ4n) is 2.55. The molecule has 0 unspecified atom stereocenters. The van der Waals surface area contributed by atoms with Gasteiger partial charge in [-0.15, -0.1) is 0 Å². The van der Waals surface area contributed by atoms with Crippen molar-refractivity contribution in [2.75, 3.05) is 32.0 Å². The van der Waals surface area contributed by atoms with Gasteiger partial charge in [0.25, 0.3) is 0 Å². The lowest BCUT2D eigenvalue weighted by atomic mass is 9.95. The summed E-state index contributed by atoms with van der Waals surface area (Å²) >= 11 is 0. The number of benzene rings is 1. The molecule has 0 atom stereocenters. The van der Waals surface area contributed by atoms with Crippen LogP contribution in [0, 0.1) is 5.92 Å². The summed E-state index contributed by atoms with van der Waals surface area (Å²) in [7, 11) is 1.84. The molecule has 1 aromatic rings. The topological polar surface area (TPSA) is 61.4 Å². The average molecular weight is 289 g/mol. The van der Waals surface area contributed by atoms with Crippen molar-refractivity contribution in [3.8, 4) is 0 Å². The smallest absolute Gasteiger partial charge is 0.227 e. The SMILES string of the molecule is CNCCC(=O)N1CCC(C(=O)Nc2ccccc2)CC1. The van der Waals surface area contributed by atoms with Crippen molar-refractivity contribution in [3.63, 3.8) is 0 Å². The van der Waals surface area contributed by atoms with E-state index in [1.165, 1.54) is 0 Å². The Bertz CT molecular complexity index is 468. The third-order valence-electron chi connectivity index (χ3n) is 3.85. The second-order valence-corrected chi connectivity index (χ2v) is 5.36. The summed E-state index contributed by atoms with van der Waals surface area (Å²) in [6.07, 6.45) is 2.01. The van der Waals surface area contributed by atoms with E-state index in [1.54, 1.807) is 0 Å². The van der Waals surface area contributed by atoms with Crippen molar-refractivity contribution in [1.82, 2.24) is 10.2 Å². The van der Waals surface area contributed by atoms with Gasteiger partial charge in [0.1, 0.15) is 0 Å². The quantitative estimate of drug-likeness (QED) is 0.863. The Balaban J connectivity index is 1.78. The summed E-state index contributed by atoms with van der Waals surface area (Å²) in [6, 6.07) is 9.49. The van der Waals surface area contributed by atoms with Crippen LogP contribution in [0.3, 0.4) is 0 Å². The van der Waals surface area contributed by atoms with E-state index in [2.05, 4.69) is 10.6 Å². The lowest BCUT2D eigenvalue weighted by Gasteiger charge is -2.31. The largest absolute Gasteiger partial charge is 0.343 e. The monoisotopic (exact) mass is 289 g/mol. The fraction of sp³-hybridized carbons (Fsp3) is 0.500. The molecule has 21 heavy (non-hydrogen) atoms. The predicted molar refractivity (Wildman–Crippen MR) is 82.9 cm³/mol. The van der Waals surface area contributed by atoms with Crippen LogP contribution in [0.1, 0.15) is 19.3 Å². The molecule has 2 N–H and O–H groups in total. The van der Waals surface area contributed by atoms with Crippen molar-refractivity contribution in [2.45, 2.75) is 19.3 Å². The highest BCUT2D eigenvalue weighted by atomic mass is 16.2. The molecule has 0 saturated carbocycles. The van der Waals surface area contributed by atoms with Gasteiger partial charge in [-0.1, -0.05) is 18.2 Å². The Kier molecular flexibility index (Phi) is 5.75. The number of anilines is 1. The van der Waals surface area contributed by atoms with Crippen molar-refractivity contribution in [1.29, 1.82) is 0 Å². The van der Waals surface area contributed by atoms with E-state index in [0.29, 0.717) is 26.1 Å². The first-order chi connectivity index (χ1) is 10.2. The molecule has 2 rings (SSSR count). The van der Waals surface area contributed by atoms with Crippen LogP contribution in [0.25, 0.3) is 0 Å². The molecule has 1 saturated heterocycles. The predicted octanol–water partition coefficient (Wildman–Crippen LogP) is 1.47. The highest BCUT2D eigenvalue weighted by Gasteiger charge is 2.26. The van der Waals surface area contributed by atoms with Crippen molar-refractivity contribution < 1.29 is 9.59 Å². The molecule has 0 spiro atoms. The second-order valence-electron chi connectivity index (χ2n) is 5.36. The van der Waals surface area contributed by atoms with E-state index in [0.717, 1.165) is 18.5 Å². The van der Waals surface area contributed by atoms with Crippen LogP contribution in [-0.4, -0.2) is 43.4 Å². The number of para-hydroxylation sites is 1. The Morgan fingerprint density at radius 2 is 1.86 bits per heavy atom. The number of hydrogen-bond acceptors (Lipinski definition) is 3. The van der Waals surface area contributed by atoms with Crippen molar-refractivity contribution >= 4 is 17.5 Å². The van der Waals surface area contributed by atoms with Gasteiger partial charge in [0.15, 0.2) is 0 Å². The summed E-state index contributed by atoms with van der Waals surface area (Å²) in [5, 5.41) is 5.92. The van der Waals surface area contributed by atoms with Gasteiger partial charge in [-0.05, 0) is 32.0 Å². The molecule has 0 aromatic heterocycles. The number of carbonyl (C=O) groups is 2. The molecular weight excluding hydrogens is 266 g/mol. The van der Waals surface area contributed by atoms with Gasteiger partial charge in [0, 0.05) is 37.7 Å². The van der Waals surface area contributed by atoms with Gasteiger partial charge >= 0.3 is 0 Å². The van der Waals surface area contributed by atoms with Gasteiger partial charge in [-0.25, -0.2) is 0 Å². The number of rotatable bonds is 5. The van der Waals surface area contributed by atoms with E-state index in [4.69, 9.17) is 0 Å². The number of hydrogen-bond donors (Lipinski definition) is 2. The minimum atomic E-state index is -0.00134. The lowest BCUT2D eigenvalue weighted by molar-refractivity contribution is -0.134. The van der Waals surface area contributed by atoms with Gasteiger partial charge < -0.3 is 15.5 Å². The normalized spacial score (nSPS) is 15.8. The van der Waals surface area contributed by atoms with E-state index in [9.17, 15) is 9.59 Å². The molecule has 1 aromatic carbocycles. The Labute approximate surface area is 125 Å². The van der Waals surface area contributed by atoms with Crippen LogP contribution in [0.5, 0.6) is 0 Å². The van der Waals surface area contributed by atoms with E-state index >= 15 is 0 Å². The maximum atomic E-state index is 12.2. The highest BCUT2D eigenvalue weighted by Crippen LogP contribution is 2.20. The summed E-state index contributed by atoms with van der Waals surface area (Å²) < 4.78 is 0. The van der Waals surface area contributed by atoms with Crippen LogP contribution >= 0.6 is 0 Å². The molecule has 0 radical (unpaired) electrons. The fourth-order valence-corrected chi connectivity index (χ4v) is 2.55. The Morgan fingerprint density at radius 1 is 1.19 bits per heavy atom. The molecular formula is C16H23N3O2. The summed E-state index contributed by atoms with van der Waals surface area (Å²) in [5.41, 5.74) is 0.829. The molecule has 2 amide bonds. The van der Waals surface area contributed by atoms with Crippen molar-refractivity contribution in [2.24, 2.45) is 5.92 Å². The Hall–Kier alpha value is -1.88. The van der Waals surface area contributed by atoms with Gasteiger partial charge in [0.05, 0.1) is 0 Å². The zero-order valence-electron chi connectivity index (χ0n) is 12.5. The minimum absolute atomic E-state index is 0.00134. The molecule has 0 bridgehead atoms. The van der Waals surface area contributed by atoms with E-state index < -0.39 is 0 Å². The molecule has 114 valence electrons. The minimum Gasteiger partial charge on any atom is -0.343 e. The van der Waals surface area contributed by atoms with Crippen LogP contribution in [-0.2, 0) is 9.59 Å². The highest BCUT2D eigenvalue weighted by molar-refractivity contribution is 5.92. The van der Waals surface area contributed by atoms with Crippen LogP contribution in [0.4, 0.5) is 5.69 Å². The number of amides is 2. The third-order valence-corrected chi connectivity index (χ3v) is 3.85. The number of nitrogens with one attached hydrogen (secondary N) is 2. The summed E-state index contributed by atoms with van der Waals surface area (Å²) in [5.74, 6) is 0.230. The molecule has 1 aliphatic heterocycles. The van der Waals surface area contributed by atoms with Gasteiger partial charge in [-0.3, -0.25) is 9.59 Å². The first kappa shape index (κ1) is 15.5. The van der Waals surface area contributed by atoms with Crippen LogP contribution < -0.4 is 10.6 Å². The summed E-state index contributed by atoms with van der Waals surface area (Å²) in [4.78, 5) is 26.0. The lowest BCUT2D eigenvalue weighted by Crippen LogP contribution is -2.42. The maximum absolute atomic E-state index is 12.2. The van der Waals surface area contributed by atoms with Gasteiger partial charge in [-0.2, -0.15) is 0 Å². The average Bonchev–Trinajstić information content (AvgIpc) is 2.53. The van der Waals surface area contributed by atoms with Crippen LogP contribution in [0.2, 0.25) is 0 Å². The van der Waals surface area contributed by atoms with Crippen LogP contribution in [0.15, 0.2) is 30.3 Å². The third kappa shape index (κ3) is 4.56.